The zero-order chi connectivity index (χ0) is 14.0. The Kier molecular flexibility index (Phi) is 5.06. The van der Waals surface area contributed by atoms with Crippen LogP contribution in [0, 0.1) is 0 Å². The Balaban J connectivity index is 2.12. The fourth-order valence-electron chi connectivity index (χ4n) is 1.58. The normalized spacial score (nSPS) is 12.2. The van der Waals surface area contributed by atoms with Crippen molar-refractivity contribution in [2.75, 3.05) is 0 Å². The van der Waals surface area contributed by atoms with E-state index in [0.717, 1.165) is 18.2 Å². The maximum Gasteiger partial charge on any atom is 0.252 e. The predicted molar refractivity (Wildman–Crippen MR) is 87.1 cm³/mol. The summed E-state index contributed by atoms with van der Waals surface area (Å²) >= 11 is 14.1. The summed E-state index contributed by atoms with van der Waals surface area (Å²) < 4.78 is 2.41. The number of rotatable bonds is 3. The Hall–Kier alpha value is -0.360. The molecule has 1 atom stereocenters. The van der Waals surface area contributed by atoms with Crippen molar-refractivity contribution in [1.29, 1.82) is 0 Å². The molecule has 1 N–H and O–H groups in total. The molecule has 100 valence electrons. The number of nitrogens with one attached hydrogen (secondary N) is 1. The van der Waals surface area contributed by atoms with Crippen molar-refractivity contribution >= 4 is 60.7 Å². The largest absolute Gasteiger partial charge is 0.345 e. The van der Waals surface area contributed by atoms with Crippen LogP contribution in [0.3, 0.4) is 0 Å². The smallest absolute Gasteiger partial charge is 0.252 e. The second-order valence-electron chi connectivity index (χ2n) is 3.96. The molecule has 0 spiro atoms. The van der Waals surface area contributed by atoms with E-state index in [0.29, 0.717) is 5.56 Å². The van der Waals surface area contributed by atoms with Gasteiger partial charge in [0.2, 0.25) is 0 Å². The maximum absolute atomic E-state index is 12.2. The highest BCUT2D eigenvalue weighted by Crippen LogP contribution is 2.27. The number of halogens is 3. The molecule has 2 aromatic rings. The highest BCUT2D eigenvalue weighted by molar-refractivity contribution is 9.11. The Labute approximate surface area is 137 Å². The molecule has 2 rings (SSSR count). The molecule has 1 unspecified atom stereocenters. The lowest BCUT2D eigenvalue weighted by Gasteiger charge is -2.13. The molecule has 6 heteroatoms. The summed E-state index contributed by atoms with van der Waals surface area (Å²) in [6.45, 7) is 1.94. The van der Waals surface area contributed by atoms with Crippen molar-refractivity contribution < 1.29 is 4.79 Å². The van der Waals surface area contributed by atoms with Crippen LogP contribution >= 0.6 is 54.8 Å². The summed E-state index contributed by atoms with van der Waals surface area (Å²) in [7, 11) is 0. The van der Waals surface area contributed by atoms with Gasteiger partial charge in [-0.1, -0.05) is 27.5 Å². The number of carbonyl (C=O) groups is 1. The third kappa shape index (κ3) is 3.81. The molecule has 19 heavy (non-hydrogen) atoms. The van der Waals surface area contributed by atoms with Gasteiger partial charge in [-0.2, -0.15) is 0 Å². The number of thiophene rings is 1. The average Bonchev–Trinajstić information content (AvgIpc) is 2.75. The summed E-state index contributed by atoms with van der Waals surface area (Å²) in [6.07, 6.45) is 0. The lowest BCUT2D eigenvalue weighted by atomic mass is 10.2. The quantitative estimate of drug-likeness (QED) is 0.702. The number of benzene rings is 1. The van der Waals surface area contributed by atoms with Crippen molar-refractivity contribution in [3.63, 3.8) is 0 Å². The highest BCUT2D eigenvalue weighted by Gasteiger charge is 2.15. The van der Waals surface area contributed by atoms with E-state index < -0.39 is 0 Å². The molecule has 0 radical (unpaired) electrons. The number of amides is 1. The van der Waals surface area contributed by atoms with Crippen LogP contribution < -0.4 is 5.32 Å². The maximum atomic E-state index is 12.2. The van der Waals surface area contributed by atoms with E-state index in [1.807, 2.05) is 31.2 Å². The summed E-state index contributed by atoms with van der Waals surface area (Å²) in [6, 6.07) is 9.15. The van der Waals surface area contributed by atoms with E-state index in [4.69, 9.17) is 11.6 Å². The van der Waals surface area contributed by atoms with Gasteiger partial charge in [0, 0.05) is 13.8 Å². The van der Waals surface area contributed by atoms with E-state index in [2.05, 4.69) is 37.2 Å². The molecule has 1 aromatic carbocycles. The molecule has 0 aliphatic heterocycles. The molecule has 0 fully saturated rings. The van der Waals surface area contributed by atoms with Crippen LogP contribution in [-0.2, 0) is 0 Å². The Morgan fingerprint density at radius 3 is 2.63 bits per heavy atom. The monoisotopic (exact) mass is 421 g/mol. The lowest BCUT2D eigenvalue weighted by Crippen LogP contribution is -2.26. The summed E-state index contributed by atoms with van der Waals surface area (Å²) in [5.41, 5.74) is 0.609. The van der Waals surface area contributed by atoms with Crippen LogP contribution in [-0.4, -0.2) is 5.91 Å². The molecule has 1 amide bonds. The average molecular weight is 424 g/mol. The van der Waals surface area contributed by atoms with Crippen molar-refractivity contribution in [2.45, 2.75) is 13.0 Å². The standard InChI is InChI=1S/C13H10Br2ClNOS/c1-7(11-4-5-12(16)19-11)17-13(18)9-3-2-8(14)6-10(9)15/h2-7H,1H3,(H,17,18). The highest BCUT2D eigenvalue weighted by atomic mass is 79.9. The Morgan fingerprint density at radius 1 is 1.32 bits per heavy atom. The van der Waals surface area contributed by atoms with Crippen LogP contribution in [0.15, 0.2) is 39.3 Å². The van der Waals surface area contributed by atoms with Crippen LogP contribution in [0.25, 0.3) is 0 Å². The first-order valence-electron chi connectivity index (χ1n) is 5.48. The van der Waals surface area contributed by atoms with Crippen molar-refractivity contribution in [3.05, 3.63) is 54.1 Å². The van der Waals surface area contributed by atoms with Gasteiger partial charge in [0.1, 0.15) is 0 Å². The summed E-state index contributed by atoms with van der Waals surface area (Å²) in [5.74, 6) is -0.114. The first-order chi connectivity index (χ1) is 8.97. The third-order valence-electron chi connectivity index (χ3n) is 2.54. The Bertz CT molecular complexity index is 614. The minimum absolute atomic E-state index is 0.0689. The van der Waals surface area contributed by atoms with Crippen molar-refractivity contribution in [3.8, 4) is 0 Å². The lowest BCUT2D eigenvalue weighted by molar-refractivity contribution is 0.0939. The van der Waals surface area contributed by atoms with Crippen LogP contribution in [0.4, 0.5) is 0 Å². The molecule has 0 bridgehead atoms. The second-order valence-corrected chi connectivity index (χ2v) is 7.48. The zero-order valence-electron chi connectivity index (χ0n) is 9.91. The van der Waals surface area contributed by atoms with Gasteiger partial charge in [-0.05, 0) is 53.2 Å². The van der Waals surface area contributed by atoms with Gasteiger partial charge in [-0.3, -0.25) is 4.79 Å². The van der Waals surface area contributed by atoms with Gasteiger partial charge in [-0.15, -0.1) is 11.3 Å². The van der Waals surface area contributed by atoms with Gasteiger partial charge in [0.05, 0.1) is 15.9 Å². The predicted octanol–water partition coefficient (Wildman–Crippen LogP) is 5.42. The number of carbonyl (C=O) groups excluding carboxylic acids is 1. The zero-order valence-corrected chi connectivity index (χ0v) is 14.7. The fourth-order valence-corrected chi connectivity index (χ4v) is 3.87. The topological polar surface area (TPSA) is 29.1 Å². The first kappa shape index (κ1) is 15.0. The van der Waals surface area contributed by atoms with E-state index in [1.165, 1.54) is 11.3 Å². The van der Waals surface area contributed by atoms with Gasteiger partial charge < -0.3 is 5.32 Å². The summed E-state index contributed by atoms with van der Waals surface area (Å²) in [5, 5.41) is 2.95. The van der Waals surface area contributed by atoms with Crippen molar-refractivity contribution in [2.24, 2.45) is 0 Å². The van der Waals surface area contributed by atoms with E-state index in [-0.39, 0.29) is 11.9 Å². The minimum Gasteiger partial charge on any atom is -0.345 e. The molecule has 2 nitrogen and oxygen atoms in total. The summed E-state index contributed by atoms with van der Waals surface area (Å²) in [4.78, 5) is 13.2. The second kappa shape index (κ2) is 6.39. The van der Waals surface area contributed by atoms with Crippen LogP contribution in [0.5, 0.6) is 0 Å². The molecular formula is C13H10Br2ClNOS. The minimum atomic E-state index is -0.114. The SMILES string of the molecule is CC(NC(=O)c1ccc(Br)cc1Br)c1ccc(Cl)s1. The van der Waals surface area contributed by atoms with Crippen LogP contribution in [0.2, 0.25) is 4.34 Å². The molecule has 0 aliphatic rings. The van der Waals surface area contributed by atoms with Gasteiger partial charge >= 0.3 is 0 Å². The molecule has 1 aromatic heterocycles. The van der Waals surface area contributed by atoms with E-state index in [9.17, 15) is 4.79 Å². The molecule has 0 saturated heterocycles. The van der Waals surface area contributed by atoms with Crippen LogP contribution in [0.1, 0.15) is 28.2 Å². The van der Waals surface area contributed by atoms with Gasteiger partial charge in [-0.25, -0.2) is 0 Å². The van der Waals surface area contributed by atoms with Crippen molar-refractivity contribution in [1.82, 2.24) is 5.32 Å². The van der Waals surface area contributed by atoms with E-state index >= 15 is 0 Å². The molecule has 0 aliphatic carbocycles. The van der Waals surface area contributed by atoms with Gasteiger partial charge in [0.25, 0.3) is 5.91 Å². The van der Waals surface area contributed by atoms with Gasteiger partial charge in [0.15, 0.2) is 0 Å². The number of hydrogen-bond acceptors (Lipinski definition) is 2. The third-order valence-corrected chi connectivity index (χ3v) is 5.11. The molecule has 0 saturated carbocycles. The molecule has 1 heterocycles. The fraction of sp³-hybridized carbons (Fsp3) is 0.154. The molecular weight excluding hydrogens is 413 g/mol. The number of hydrogen-bond donors (Lipinski definition) is 1. The Morgan fingerprint density at radius 2 is 2.05 bits per heavy atom. The first-order valence-corrected chi connectivity index (χ1v) is 8.26. The van der Waals surface area contributed by atoms with E-state index in [1.54, 1.807) is 6.07 Å².